The second-order valence-electron chi connectivity index (χ2n) is 3.97. The van der Waals surface area contributed by atoms with Gasteiger partial charge in [0.05, 0.1) is 6.10 Å². The maximum absolute atomic E-state index is 13.8. The van der Waals surface area contributed by atoms with Crippen molar-refractivity contribution >= 4 is 22.9 Å². The van der Waals surface area contributed by atoms with Crippen molar-refractivity contribution in [1.82, 2.24) is 0 Å². The second kappa shape index (κ2) is 5.80. The Morgan fingerprint density at radius 1 is 1.39 bits per heavy atom. The zero-order chi connectivity index (χ0) is 13.1. The van der Waals surface area contributed by atoms with Gasteiger partial charge in [-0.1, -0.05) is 23.7 Å². The Hall–Kier alpha value is -0.940. The predicted octanol–water partition coefficient (Wildman–Crippen LogP) is 3.32. The molecule has 1 aromatic heterocycles. The third-order valence-electron chi connectivity index (χ3n) is 2.82. The summed E-state index contributed by atoms with van der Waals surface area (Å²) in [6, 6.07) is 8.03. The highest BCUT2D eigenvalue weighted by Gasteiger charge is 2.24. The fourth-order valence-corrected chi connectivity index (χ4v) is 2.89. The lowest BCUT2D eigenvalue weighted by molar-refractivity contribution is 0.144. The van der Waals surface area contributed by atoms with Crippen molar-refractivity contribution in [1.29, 1.82) is 0 Å². The summed E-state index contributed by atoms with van der Waals surface area (Å²) >= 11 is 7.19. The summed E-state index contributed by atoms with van der Waals surface area (Å²) in [6.45, 7) is 0.254. The minimum absolute atomic E-state index is 0.225. The summed E-state index contributed by atoms with van der Waals surface area (Å²) in [5.41, 5.74) is 5.91. The molecule has 96 valence electrons. The van der Waals surface area contributed by atoms with E-state index >= 15 is 0 Å². The van der Waals surface area contributed by atoms with Crippen LogP contribution in [0.4, 0.5) is 4.39 Å². The molecule has 1 heterocycles. The van der Waals surface area contributed by atoms with Crippen LogP contribution in [-0.2, 0) is 0 Å². The van der Waals surface area contributed by atoms with E-state index < -0.39 is 11.9 Å². The highest BCUT2D eigenvalue weighted by molar-refractivity contribution is 7.10. The molecule has 0 bridgehead atoms. The van der Waals surface area contributed by atoms with Crippen molar-refractivity contribution in [2.24, 2.45) is 5.73 Å². The van der Waals surface area contributed by atoms with E-state index in [9.17, 15) is 9.50 Å². The van der Waals surface area contributed by atoms with Gasteiger partial charge in [0, 0.05) is 27.9 Å². The molecule has 0 aliphatic rings. The standard InChI is InChI=1S/C13H13ClFNOS/c14-8-3-4-9(11(15)6-8)13(17)10(7-16)12-2-1-5-18-12/h1-6,10,13,17H,7,16H2. The van der Waals surface area contributed by atoms with Crippen LogP contribution in [0, 0.1) is 5.82 Å². The van der Waals surface area contributed by atoms with E-state index in [1.165, 1.54) is 23.5 Å². The highest BCUT2D eigenvalue weighted by atomic mass is 35.5. The van der Waals surface area contributed by atoms with E-state index in [1.54, 1.807) is 6.07 Å². The Kier molecular flexibility index (Phi) is 4.35. The van der Waals surface area contributed by atoms with Crippen molar-refractivity contribution in [3.05, 3.63) is 57.0 Å². The molecule has 1 aromatic carbocycles. The first kappa shape index (κ1) is 13.5. The quantitative estimate of drug-likeness (QED) is 0.905. The fourth-order valence-electron chi connectivity index (χ4n) is 1.86. The average molecular weight is 286 g/mol. The molecule has 2 nitrogen and oxygen atoms in total. The van der Waals surface area contributed by atoms with Gasteiger partial charge in [0.2, 0.25) is 0 Å². The number of aliphatic hydroxyl groups is 1. The molecule has 2 atom stereocenters. The molecule has 0 saturated carbocycles. The van der Waals surface area contributed by atoms with Crippen molar-refractivity contribution in [2.45, 2.75) is 12.0 Å². The lowest BCUT2D eigenvalue weighted by atomic mass is 9.94. The minimum atomic E-state index is -0.967. The highest BCUT2D eigenvalue weighted by Crippen LogP contribution is 2.34. The molecule has 18 heavy (non-hydrogen) atoms. The van der Waals surface area contributed by atoms with Crippen LogP contribution >= 0.6 is 22.9 Å². The fraction of sp³-hybridized carbons (Fsp3) is 0.231. The molecule has 0 aliphatic heterocycles. The van der Waals surface area contributed by atoms with E-state index in [2.05, 4.69) is 0 Å². The van der Waals surface area contributed by atoms with Gasteiger partial charge in [0.15, 0.2) is 0 Å². The van der Waals surface area contributed by atoms with Gasteiger partial charge in [0.1, 0.15) is 5.82 Å². The van der Waals surface area contributed by atoms with Crippen LogP contribution in [-0.4, -0.2) is 11.7 Å². The van der Waals surface area contributed by atoms with Gasteiger partial charge in [-0.3, -0.25) is 0 Å². The van der Waals surface area contributed by atoms with Crippen LogP contribution in [0.1, 0.15) is 22.5 Å². The SMILES string of the molecule is NCC(c1cccs1)C(O)c1ccc(Cl)cc1F. The Morgan fingerprint density at radius 2 is 2.17 bits per heavy atom. The molecular weight excluding hydrogens is 273 g/mol. The summed E-state index contributed by atoms with van der Waals surface area (Å²) in [6.07, 6.45) is -0.967. The van der Waals surface area contributed by atoms with Crippen LogP contribution in [0.2, 0.25) is 5.02 Å². The lowest BCUT2D eigenvalue weighted by Gasteiger charge is -2.21. The lowest BCUT2D eigenvalue weighted by Crippen LogP contribution is -2.20. The third kappa shape index (κ3) is 2.72. The number of hydrogen-bond acceptors (Lipinski definition) is 3. The van der Waals surface area contributed by atoms with Gasteiger partial charge >= 0.3 is 0 Å². The Bertz CT molecular complexity index is 518. The Morgan fingerprint density at radius 3 is 2.72 bits per heavy atom. The van der Waals surface area contributed by atoms with Crippen LogP contribution in [0.15, 0.2) is 35.7 Å². The first-order valence-corrected chi connectivity index (χ1v) is 6.75. The smallest absolute Gasteiger partial charge is 0.130 e. The number of benzene rings is 1. The number of rotatable bonds is 4. The zero-order valence-electron chi connectivity index (χ0n) is 9.51. The molecule has 0 aliphatic carbocycles. The van der Waals surface area contributed by atoms with Gasteiger partial charge in [-0.25, -0.2) is 4.39 Å². The molecule has 5 heteroatoms. The largest absolute Gasteiger partial charge is 0.388 e. The maximum Gasteiger partial charge on any atom is 0.130 e. The summed E-state index contributed by atoms with van der Waals surface area (Å²) < 4.78 is 13.8. The van der Waals surface area contributed by atoms with Gasteiger partial charge < -0.3 is 10.8 Å². The minimum Gasteiger partial charge on any atom is -0.388 e. The van der Waals surface area contributed by atoms with Gasteiger partial charge in [-0.15, -0.1) is 11.3 Å². The number of thiophene rings is 1. The average Bonchev–Trinajstić information content (AvgIpc) is 2.83. The van der Waals surface area contributed by atoms with E-state index in [0.717, 1.165) is 4.88 Å². The molecule has 2 rings (SSSR count). The monoisotopic (exact) mass is 285 g/mol. The van der Waals surface area contributed by atoms with Crippen LogP contribution in [0.5, 0.6) is 0 Å². The number of halogens is 2. The molecule has 3 N–H and O–H groups in total. The molecule has 0 spiro atoms. The van der Waals surface area contributed by atoms with E-state index in [4.69, 9.17) is 17.3 Å². The normalized spacial score (nSPS) is 14.4. The number of nitrogens with two attached hydrogens (primary N) is 1. The van der Waals surface area contributed by atoms with Crippen molar-refractivity contribution in [3.63, 3.8) is 0 Å². The molecule has 0 radical (unpaired) electrons. The van der Waals surface area contributed by atoms with Gasteiger partial charge in [0.25, 0.3) is 0 Å². The maximum atomic E-state index is 13.8. The van der Waals surface area contributed by atoms with Crippen molar-refractivity contribution in [2.75, 3.05) is 6.54 Å². The van der Waals surface area contributed by atoms with Crippen LogP contribution in [0.25, 0.3) is 0 Å². The van der Waals surface area contributed by atoms with Crippen molar-refractivity contribution < 1.29 is 9.50 Å². The van der Waals surface area contributed by atoms with E-state index in [1.807, 2.05) is 17.5 Å². The molecule has 2 aromatic rings. The first-order valence-electron chi connectivity index (χ1n) is 5.50. The zero-order valence-corrected chi connectivity index (χ0v) is 11.1. The number of hydrogen-bond donors (Lipinski definition) is 2. The Labute approximate surface area is 114 Å². The number of aliphatic hydroxyl groups excluding tert-OH is 1. The van der Waals surface area contributed by atoms with Crippen LogP contribution < -0.4 is 5.73 Å². The van der Waals surface area contributed by atoms with E-state index in [-0.39, 0.29) is 18.0 Å². The predicted molar refractivity (Wildman–Crippen MR) is 72.5 cm³/mol. The van der Waals surface area contributed by atoms with Gasteiger partial charge in [-0.05, 0) is 23.6 Å². The Balaban J connectivity index is 2.31. The molecule has 0 amide bonds. The third-order valence-corrected chi connectivity index (χ3v) is 4.06. The molecular formula is C13H13ClFNOS. The van der Waals surface area contributed by atoms with Crippen molar-refractivity contribution in [3.8, 4) is 0 Å². The molecule has 0 saturated heterocycles. The summed E-state index contributed by atoms with van der Waals surface area (Å²) in [5, 5.41) is 12.5. The molecule has 0 fully saturated rings. The summed E-state index contributed by atoms with van der Waals surface area (Å²) in [7, 11) is 0. The second-order valence-corrected chi connectivity index (χ2v) is 5.38. The van der Waals surface area contributed by atoms with Crippen LogP contribution in [0.3, 0.4) is 0 Å². The summed E-state index contributed by atoms with van der Waals surface area (Å²) in [5.74, 6) is -0.814. The van der Waals surface area contributed by atoms with E-state index in [0.29, 0.717) is 5.02 Å². The first-order chi connectivity index (χ1) is 8.63. The molecule has 2 unspecified atom stereocenters. The summed E-state index contributed by atoms with van der Waals surface area (Å²) in [4.78, 5) is 0.944. The van der Waals surface area contributed by atoms with Gasteiger partial charge in [-0.2, -0.15) is 0 Å². The topological polar surface area (TPSA) is 46.2 Å².